The van der Waals surface area contributed by atoms with Crippen LogP contribution in [0.1, 0.15) is 11.1 Å². The molecule has 19 heavy (non-hydrogen) atoms. The monoisotopic (exact) mass is 285 g/mol. The summed E-state index contributed by atoms with van der Waals surface area (Å²) in [5.41, 5.74) is 2.10. The first-order chi connectivity index (χ1) is 8.89. The molecule has 1 aliphatic heterocycles. The number of carbonyl (C=O) groups excluding carboxylic acids is 1. The maximum absolute atomic E-state index is 11.8. The van der Waals surface area contributed by atoms with Crippen molar-refractivity contribution in [3.05, 3.63) is 29.3 Å². The lowest BCUT2D eigenvalue weighted by Gasteiger charge is -2.29. The van der Waals surface area contributed by atoms with Crippen LogP contribution in [-0.4, -0.2) is 40.4 Å². The molecule has 7 heteroatoms. The van der Waals surface area contributed by atoms with Gasteiger partial charge < -0.3 is 19.4 Å². The molecule has 1 aromatic rings. The fraction of sp³-hybridized carbons (Fsp3) is 0.417. The molecule has 2 N–H and O–H groups in total. The van der Waals surface area contributed by atoms with E-state index in [0.717, 1.165) is 16.9 Å². The van der Waals surface area contributed by atoms with Gasteiger partial charge in [0.05, 0.1) is 7.11 Å². The Morgan fingerprint density at radius 2 is 2.16 bits per heavy atom. The van der Waals surface area contributed by atoms with Gasteiger partial charge in [-0.05, 0) is 29.7 Å². The molecular weight excluding hydrogens is 269 g/mol. The number of carbonyl (C=O) groups is 1. The Balaban J connectivity index is 2.10. The van der Waals surface area contributed by atoms with Crippen LogP contribution in [0.25, 0.3) is 0 Å². The third-order valence-electron chi connectivity index (χ3n) is 3.12. The van der Waals surface area contributed by atoms with Crippen LogP contribution in [0.5, 0.6) is 5.75 Å². The molecule has 2 rings (SSSR count). The molecule has 1 heterocycles. The molecule has 0 aliphatic carbocycles. The van der Waals surface area contributed by atoms with Crippen molar-refractivity contribution >= 4 is 13.5 Å². The minimum absolute atomic E-state index is 0.387. The van der Waals surface area contributed by atoms with Gasteiger partial charge in [-0.1, -0.05) is 6.07 Å². The van der Waals surface area contributed by atoms with Crippen LogP contribution in [0, 0.1) is 0 Å². The van der Waals surface area contributed by atoms with E-state index in [9.17, 15) is 9.36 Å². The van der Waals surface area contributed by atoms with E-state index in [1.807, 2.05) is 18.2 Å². The Hall–Kier alpha value is -1.36. The van der Waals surface area contributed by atoms with Gasteiger partial charge >= 0.3 is 7.60 Å². The smallest absolute Gasteiger partial charge is 0.334 e. The Bertz CT molecular complexity index is 539. The largest absolute Gasteiger partial charge is 0.497 e. The fourth-order valence-corrected chi connectivity index (χ4v) is 2.70. The van der Waals surface area contributed by atoms with Gasteiger partial charge in [0.1, 0.15) is 11.9 Å². The summed E-state index contributed by atoms with van der Waals surface area (Å²) in [6.07, 6.45) is -0.0576. The molecule has 0 saturated carbocycles. The van der Waals surface area contributed by atoms with Gasteiger partial charge in [0.25, 0.3) is 0 Å². The number of ether oxygens (including phenoxy) is 1. The van der Waals surface area contributed by atoms with Crippen molar-refractivity contribution in [3.8, 4) is 5.75 Å². The molecule has 1 amide bonds. The molecule has 0 aromatic heterocycles. The molecule has 0 spiro atoms. The van der Waals surface area contributed by atoms with E-state index in [4.69, 9.17) is 14.5 Å². The normalized spacial score (nSPS) is 15.0. The Morgan fingerprint density at radius 1 is 1.42 bits per heavy atom. The number of benzene rings is 1. The number of nitrogens with zero attached hydrogens (tertiary/aromatic N) is 1. The second-order valence-corrected chi connectivity index (χ2v) is 6.17. The van der Waals surface area contributed by atoms with Crippen molar-refractivity contribution in [2.24, 2.45) is 0 Å². The molecule has 1 aromatic carbocycles. The Kier molecular flexibility index (Phi) is 3.94. The van der Waals surface area contributed by atoms with Gasteiger partial charge in [-0.25, -0.2) is 0 Å². The summed E-state index contributed by atoms with van der Waals surface area (Å²) in [4.78, 5) is 30.9. The summed E-state index contributed by atoms with van der Waals surface area (Å²) in [6.45, 7) is 0.858. The molecule has 0 saturated heterocycles. The number of hydrogen-bond donors (Lipinski definition) is 2. The van der Waals surface area contributed by atoms with Gasteiger partial charge in [0, 0.05) is 13.1 Å². The van der Waals surface area contributed by atoms with Crippen LogP contribution in [0.2, 0.25) is 0 Å². The van der Waals surface area contributed by atoms with E-state index in [1.54, 1.807) is 7.11 Å². The van der Waals surface area contributed by atoms with Crippen LogP contribution in [-0.2, 0) is 22.3 Å². The third-order valence-corrected chi connectivity index (χ3v) is 3.80. The molecular formula is C12H16NO5P. The predicted molar refractivity (Wildman–Crippen MR) is 69.0 cm³/mol. The number of fused-ring (bicyclic) bond motifs is 1. The minimum Gasteiger partial charge on any atom is -0.497 e. The van der Waals surface area contributed by atoms with Crippen molar-refractivity contribution in [1.82, 2.24) is 4.90 Å². The maximum Gasteiger partial charge on any atom is 0.334 e. The Morgan fingerprint density at radius 3 is 2.79 bits per heavy atom. The van der Waals surface area contributed by atoms with E-state index in [2.05, 4.69) is 0 Å². The van der Waals surface area contributed by atoms with Crippen molar-refractivity contribution in [2.45, 2.75) is 13.0 Å². The van der Waals surface area contributed by atoms with Crippen LogP contribution < -0.4 is 4.74 Å². The second kappa shape index (κ2) is 5.33. The lowest BCUT2D eigenvalue weighted by Crippen LogP contribution is -2.37. The summed E-state index contributed by atoms with van der Waals surface area (Å²) in [6, 6.07) is 5.63. The highest BCUT2D eigenvalue weighted by atomic mass is 31.2. The van der Waals surface area contributed by atoms with Crippen LogP contribution >= 0.6 is 7.60 Å². The van der Waals surface area contributed by atoms with Gasteiger partial charge in [0.2, 0.25) is 5.91 Å². The van der Waals surface area contributed by atoms with Crippen molar-refractivity contribution < 1.29 is 23.9 Å². The summed E-state index contributed by atoms with van der Waals surface area (Å²) >= 11 is 0. The lowest BCUT2D eigenvalue weighted by molar-refractivity contribution is -0.129. The fourth-order valence-electron chi connectivity index (χ4n) is 2.15. The average Bonchev–Trinajstić information content (AvgIpc) is 2.35. The molecule has 104 valence electrons. The Labute approximate surface area is 111 Å². The zero-order valence-electron chi connectivity index (χ0n) is 10.6. The van der Waals surface area contributed by atoms with Crippen LogP contribution in [0.3, 0.4) is 0 Å². The summed E-state index contributed by atoms with van der Waals surface area (Å²) in [5, 5.41) is 0. The lowest BCUT2D eigenvalue weighted by atomic mass is 9.99. The zero-order valence-corrected chi connectivity index (χ0v) is 11.5. The first-order valence-electron chi connectivity index (χ1n) is 5.87. The van der Waals surface area contributed by atoms with E-state index in [0.29, 0.717) is 19.5 Å². The van der Waals surface area contributed by atoms with Crippen molar-refractivity contribution in [1.29, 1.82) is 0 Å². The van der Waals surface area contributed by atoms with Gasteiger partial charge in [-0.3, -0.25) is 9.36 Å². The molecule has 0 radical (unpaired) electrons. The zero-order chi connectivity index (χ0) is 14.0. The highest BCUT2D eigenvalue weighted by Crippen LogP contribution is 2.35. The average molecular weight is 285 g/mol. The van der Waals surface area contributed by atoms with Gasteiger partial charge in [-0.2, -0.15) is 0 Å². The number of amides is 1. The quantitative estimate of drug-likeness (QED) is 0.801. The van der Waals surface area contributed by atoms with E-state index < -0.39 is 19.7 Å². The van der Waals surface area contributed by atoms with E-state index >= 15 is 0 Å². The highest BCUT2D eigenvalue weighted by Gasteiger charge is 2.26. The van der Waals surface area contributed by atoms with E-state index in [-0.39, 0.29) is 0 Å². The van der Waals surface area contributed by atoms with Crippen LogP contribution in [0.15, 0.2) is 18.2 Å². The number of rotatable bonds is 3. The molecule has 0 fully saturated rings. The topological polar surface area (TPSA) is 87.1 Å². The molecule has 1 aliphatic rings. The summed E-state index contributed by atoms with van der Waals surface area (Å²) < 4.78 is 16.0. The number of hydrogen-bond acceptors (Lipinski definition) is 3. The third kappa shape index (κ3) is 3.56. The van der Waals surface area contributed by atoms with E-state index in [1.165, 1.54) is 4.90 Å². The van der Waals surface area contributed by atoms with Crippen LogP contribution in [0.4, 0.5) is 0 Å². The SMILES string of the molecule is COc1ccc2c(c1)CCN(C(=O)CP(=O)(O)O)C2. The predicted octanol–water partition coefficient (Wildman–Crippen LogP) is 0.758. The van der Waals surface area contributed by atoms with Crippen molar-refractivity contribution in [2.75, 3.05) is 19.8 Å². The minimum atomic E-state index is -4.30. The number of methoxy groups -OCH3 is 1. The second-order valence-electron chi connectivity index (χ2n) is 4.52. The first-order valence-corrected chi connectivity index (χ1v) is 7.67. The summed E-state index contributed by atoms with van der Waals surface area (Å²) in [7, 11) is -2.70. The summed E-state index contributed by atoms with van der Waals surface area (Å²) in [5.74, 6) is 0.267. The van der Waals surface area contributed by atoms with Gasteiger partial charge in [-0.15, -0.1) is 0 Å². The molecule has 0 atom stereocenters. The molecule has 0 bridgehead atoms. The molecule has 0 unspecified atom stereocenters. The maximum atomic E-state index is 11.8. The van der Waals surface area contributed by atoms with Gasteiger partial charge in [0.15, 0.2) is 0 Å². The highest BCUT2D eigenvalue weighted by molar-refractivity contribution is 7.52. The standard InChI is InChI=1S/C12H16NO5P/c1-18-11-3-2-10-7-13(5-4-9(10)6-11)12(14)8-19(15,16)17/h2-3,6H,4-5,7-8H2,1H3,(H2,15,16,17). The first kappa shape index (κ1) is 14.1. The molecule has 6 nitrogen and oxygen atoms in total. The van der Waals surface area contributed by atoms with Crippen molar-refractivity contribution in [3.63, 3.8) is 0 Å².